The molecule has 0 saturated carbocycles. The summed E-state index contributed by atoms with van der Waals surface area (Å²) in [5, 5.41) is 4.45. The molecule has 1 aliphatic rings. The summed E-state index contributed by atoms with van der Waals surface area (Å²) in [6.45, 7) is 0. The number of benzene rings is 1. The van der Waals surface area contributed by atoms with Crippen LogP contribution in [0.1, 0.15) is 18.4 Å². The maximum Gasteiger partial charge on any atom is 0.137 e. The van der Waals surface area contributed by atoms with Crippen LogP contribution < -0.4 is 11.1 Å². The van der Waals surface area contributed by atoms with Crippen molar-refractivity contribution in [3.05, 3.63) is 35.9 Å². The van der Waals surface area contributed by atoms with Crippen LogP contribution in [-0.2, 0) is 10.8 Å². The van der Waals surface area contributed by atoms with Gasteiger partial charge in [-0.1, -0.05) is 30.4 Å². The normalized spacial score (nSPS) is 22.1. The van der Waals surface area contributed by atoms with Gasteiger partial charge in [-0.05, 0) is 25.0 Å². The Morgan fingerprint density at radius 3 is 2.76 bits per heavy atom. The lowest BCUT2D eigenvalue weighted by molar-refractivity contribution is 0.622. The van der Waals surface area contributed by atoms with Gasteiger partial charge in [0, 0.05) is 33.7 Å². The second kappa shape index (κ2) is 6.07. The number of thiocarbonyl (C=S) groups is 1. The highest BCUT2D eigenvalue weighted by Gasteiger charge is 2.20. The molecule has 0 aliphatic carbocycles. The molecule has 1 aliphatic heterocycles. The van der Waals surface area contributed by atoms with Gasteiger partial charge in [0.25, 0.3) is 0 Å². The predicted octanol–water partition coefficient (Wildman–Crippen LogP) is 2.19. The fraction of sp³-hybridized carbons (Fsp3) is 0.333. The predicted molar refractivity (Wildman–Crippen MR) is 92.2 cm³/mol. The van der Waals surface area contributed by atoms with E-state index in [9.17, 15) is 4.21 Å². The number of para-hydroxylation sites is 1. The van der Waals surface area contributed by atoms with E-state index in [1.54, 1.807) is 0 Å². The van der Waals surface area contributed by atoms with Crippen LogP contribution in [0.5, 0.6) is 0 Å². The summed E-state index contributed by atoms with van der Waals surface area (Å²) in [5.41, 5.74) is 7.53. The van der Waals surface area contributed by atoms with Crippen LogP contribution in [0.25, 0.3) is 10.9 Å². The molecule has 6 heteroatoms. The van der Waals surface area contributed by atoms with Crippen LogP contribution in [0.3, 0.4) is 0 Å². The number of anilines is 1. The fourth-order valence-electron chi connectivity index (χ4n) is 2.55. The molecule has 2 aromatic rings. The van der Waals surface area contributed by atoms with Crippen molar-refractivity contribution in [2.24, 2.45) is 5.73 Å². The Hall–Kier alpha value is -1.53. The van der Waals surface area contributed by atoms with Gasteiger partial charge in [-0.25, -0.2) is 4.98 Å². The van der Waals surface area contributed by atoms with Crippen molar-refractivity contribution < 1.29 is 4.21 Å². The van der Waals surface area contributed by atoms with Gasteiger partial charge in [0.05, 0.1) is 11.1 Å². The first-order chi connectivity index (χ1) is 10.1. The molecule has 0 amide bonds. The number of nitrogens with two attached hydrogens (primary N) is 1. The van der Waals surface area contributed by atoms with Crippen molar-refractivity contribution in [3.63, 3.8) is 0 Å². The first kappa shape index (κ1) is 14.4. The van der Waals surface area contributed by atoms with E-state index in [0.29, 0.717) is 4.99 Å². The number of rotatable bonds is 3. The smallest absolute Gasteiger partial charge is 0.137 e. The van der Waals surface area contributed by atoms with Crippen LogP contribution in [0.15, 0.2) is 30.3 Å². The van der Waals surface area contributed by atoms with Crippen molar-refractivity contribution in [2.75, 3.05) is 16.8 Å². The van der Waals surface area contributed by atoms with Crippen molar-refractivity contribution in [3.8, 4) is 0 Å². The first-order valence-corrected chi connectivity index (χ1v) is 8.84. The average molecular weight is 319 g/mol. The molecule has 1 saturated heterocycles. The summed E-state index contributed by atoms with van der Waals surface area (Å²) in [7, 11) is -0.666. The summed E-state index contributed by atoms with van der Waals surface area (Å²) in [4.78, 5) is 5.00. The van der Waals surface area contributed by atoms with Crippen molar-refractivity contribution >= 4 is 44.7 Å². The van der Waals surface area contributed by atoms with Crippen LogP contribution >= 0.6 is 12.2 Å². The summed E-state index contributed by atoms with van der Waals surface area (Å²) in [5.74, 6) is 2.22. The Kier molecular flexibility index (Phi) is 4.17. The second-order valence-corrected chi connectivity index (χ2v) is 7.34. The Bertz CT molecular complexity index is 707. The molecule has 2 heterocycles. The number of nitrogens with one attached hydrogen (secondary N) is 1. The summed E-state index contributed by atoms with van der Waals surface area (Å²) in [6, 6.07) is 10.2. The van der Waals surface area contributed by atoms with Crippen molar-refractivity contribution in [1.82, 2.24) is 4.98 Å². The highest BCUT2D eigenvalue weighted by atomic mass is 32.2. The van der Waals surface area contributed by atoms with Crippen LogP contribution in [0.4, 0.5) is 5.82 Å². The van der Waals surface area contributed by atoms with E-state index in [4.69, 9.17) is 18.0 Å². The van der Waals surface area contributed by atoms with Crippen LogP contribution in [-0.4, -0.2) is 31.7 Å². The van der Waals surface area contributed by atoms with Gasteiger partial charge in [0.2, 0.25) is 0 Å². The summed E-state index contributed by atoms with van der Waals surface area (Å²) in [6.07, 6.45) is 1.77. The van der Waals surface area contributed by atoms with Gasteiger partial charge in [-0.15, -0.1) is 0 Å². The monoisotopic (exact) mass is 319 g/mol. The zero-order valence-corrected chi connectivity index (χ0v) is 13.2. The molecule has 4 nitrogen and oxygen atoms in total. The van der Waals surface area contributed by atoms with E-state index in [2.05, 4.69) is 10.3 Å². The molecule has 1 aromatic carbocycles. The molecule has 0 unspecified atom stereocenters. The van der Waals surface area contributed by atoms with Gasteiger partial charge < -0.3 is 11.1 Å². The maximum atomic E-state index is 11.4. The summed E-state index contributed by atoms with van der Waals surface area (Å²) >= 11 is 5.15. The fourth-order valence-corrected chi connectivity index (χ4v) is 4.00. The Morgan fingerprint density at radius 2 is 2.05 bits per heavy atom. The number of hydrogen-bond acceptors (Lipinski definition) is 4. The zero-order chi connectivity index (χ0) is 14.8. The number of hydrogen-bond donors (Lipinski definition) is 2. The molecule has 21 heavy (non-hydrogen) atoms. The van der Waals surface area contributed by atoms with Crippen LogP contribution in [0, 0.1) is 0 Å². The third-order valence-electron chi connectivity index (χ3n) is 3.72. The molecular formula is C15H17N3OS2. The highest BCUT2D eigenvalue weighted by Crippen LogP contribution is 2.23. The number of nitrogens with zero attached hydrogens (tertiary/aromatic N) is 1. The van der Waals surface area contributed by atoms with Gasteiger partial charge in [0.1, 0.15) is 10.8 Å². The van der Waals surface area contributed by atoms with Gasteiger partial charge in [-0.3, -0.25) is 4.21 Å². The molecule has 3 rings (SSSR count). The minimum Gasteiger partial charge on any atom is -0.389 e. The van der Waals surface area contributed by atoms with Gasteiger partial charge >= 0.3 is 0 Å². The van der Waals surface area contributed by atoms with E-state index < -0.39 is 10.8 Å². The van der Waals surface area contributed by atoms with Crippen molar-refractivity contribution in [2.45, 2.75) is 18.9 Å². The summed E-state index contributed by atoms with van der Waals surface area (Å²) < 4.78 is 11.4. The average Bonchev–Trinajstić information content (AvgIpc) is 2.48. The Balaban J connectivity index is 1.94. The van der Waals surface area contributed by atoms with E-state index in [1.807, 2.05) is 30.3 Å². The van der Waals surface area contributed by atoms with Gasteiger partial charge in [0.15, 0.2) is 0 Å². The molecule has 0 bridgehead atoms. The van der Waals surface area contributed by atoms with E-state index in [1.165, 1.54) is 0 Å². The second-order valence-electron chi connectivity index (χ2n) is 5.21. The Labute approximate surface area is 131 Å². The van der Waals surface area contributed by atoms with E-state index >= 15 is 0 Å². The lowest BCUT2D eigenvalue weighted by atomic mass is 10.1. The quantitative estimate of drug-likeness (QED) is 0.849. The first-order valence-electron chi connectivity index (χ1n) is 6.94. The third-order valence-corrected chi connectivity index (χ3v) is 5.32. The molecule has 0 radical (unpaired) electrons. The van der Waals surface area contributed by atoms with Crippen LogP contribution in [0.2, 0.25) is 0 Å². The van der Waals surface area contributed by atoms with E-state index in [0.717, 1.165) is 46.6 Å². The lowest BCUT2D eigenvalue weighted by Gasteiger charge is -2.24. The maximum absolute atomic E-state index is 11.4. The van der Waals surface area contributed by atoms with E-state index in [-0.39, 0.29) is 6.04 Å². The molecule has 0 spiro atoms. The molecule has 1 aromatic heterocycles. The highest BCUT2D eigenvalue weighted by molar-refractivity contribution is 7.85. The lowest BCUT2D eigenvalue weighted by Crippen LogP contribution is -2.30. The largest absolute Gasteiger partial charge is 0.389 e. The Morgan fingerprint density at radius 1 is 1.33 bits per heavy atom. The minimum atomic E-state index is -0.666. The number of aromatic nitrogens is 1. The molecule has 110 valence electrons. The zero-order valence-electron chi connectivity index (χ0n) is 11.5. The standard InChI is InChI=1S/C15H17N3OS2/c16-14(20)12-9-10-3-1-2-4-13(10)18-15(12)17-11-5-7-21(19)8-6-11/h1-4,9,11H,5-8H2,(H2,16,20)(H,17,18). The third kappa shape index (κ3) is 3.22. The number of fused-ring (bicyclic) bond motifs is 1. The topological polar surface area (TPSA) is 68.0 Å². The van der Waals surface area contributed by atoms with Gasteiger partial charge in [-0.2, -0.15) is 0 Å². The molecule has 0 atom stereocenters. The number of pyridine rings is 1. The molecule has 1 fully saturated rings. The van der Waals surface area contributed by atoms with Crippen molar-refractivity contribution in [1.29, 1.82) is 0 Å². The molecule has 3 N–H and O–H groups in total. The molecular weight excluding hydrogens is 302 g/mol. The minimum absolute atomic E-state index is 0.282. The SMILES string of the molecule is NC(=S)c1cc2ccccc2nc1NC1CCS(=O)CC1.